The molecule has 0 unspecified atom stereocenters. The number of benzene rings is 2. The first-order valence-corrected chi connectivity index (χ1v) is 6.66. The summed E-state index contributed by atoms with van der Waals surface area (Å²) in [6.07, 6.45) is 0.0740. The fraction of sp³-hybridized carbons (Fsp3) is 0.235. The van der Waals surface area contributed by atoms with Crippen molar-refractivity contribution >= 4 is 11.7 Å². The summed E-state index contributed by atoms with van der Waals surface area (Å²) in [5.74, 6) is -0.800. The maximum atomic E-state index is 10.6. The minimum atomic E-state index is -0.800. The predicted molar refractivity (Wildman–Crippen MR) is 81.0 cm³/mol. The van der Waals surface area contributed by atoms with Gasteiger partial charge in [0.1, 0.15) is 0 Å². The van der Waals surface area contributed by atoms with E-state index in [9.17, 15) is 4.79 Å². The van der Waals surface area contributed by atoms with Crippen molar-refractivity contribution in [2.45, 2.75) is 26.8 Å². The highest BCUT2D eigenvalue weighted by molar-refractivity contribution is 5.70. The number of carbonyl (C=O) groups is 1. The highest BCUT2D eigenvalue weighted by atomic mass is 16.4. The Hall–Kier alpha value is -2.29. The van der Waals surface area contributed by atoms with E-state index in [1.54, 1.807) is 0 Å². The van der Waals surface area contributed by atoms with Crippen LogP contribution in [-0.4, -0.2) is 11.1 Å². The van der Waals surface area contributed by atoms with Gasteiger partial charge in [0.2, 0.25) is 0 Å². The summed E-state index contributed by atoms with van der Waals surface area (Å²) in [5, 5.41) is 12.2. The molecule has 2 N–H and O–H groups in total. The fourth-order valence-electron chi connectivity index (χ4n) is 2.23. The molecule has 0 aliphatic heterocycles. The van der Waals surface area contributed by atoms with E-state index in [-0.39, 0.29) is 6.42 Å². The van der Waals surface area contributed by atoms with Crippen LogP contribution in [0.4, 0.5) is 5.69 Å². The molecule has 104 valence electrons. The molecule has 3 nitrogen and oxygen atoms in total. The average Bonchev–Trinajstić information content (AvgIpc) is 2.39. The molecule has 2 aromatic rings. The molecule has 3 heteroatoms. The van der Waals surface area contributed by atoms with Gasteiger partial charge in [0.25, 0.3) is 0 Å². The third kappa shape index (κ3) is 3.60. The third-order valence-electron chi connectivity index (χ3n) is 3.33. The maximum absolute atomic E-state index is 10.6. The summed E-state index contributed by atoms with van der Waals surface area (Å²) >= 11 is 0. The first kappa shape index (κ1) is 14.1. The SMILES string of the molecule is Cc1cccc(C)c1NCc1ccc(CC(=O)O)cc1. The Morgan fingerprint density at radius 3 is 2.10 bits per heavy atom. The number of carboxylic acids is 1. The molecule has 0 saturated carbocycles. The Morgan fingerprint density at radius 2 is 1.55 bits per heavy atom. The van der Waals surface area contributed by atoms with E-state index in [0.717, 1.165) is 17.7 Å². The number of hydrogen-bond donors (Lipinski definition) is 2. The van der Waals surface area contributed by atoms with Gasteiger partial charge < -0.3 is 10.4 Å². The zero-order chi connectivity index (χ0) is 14.5. The summed E-state index contributed by atoms with van der Waals surface area (Å²) in [5.41, 5.74) is 5.59. The lowest BCUT2D eigenvalue weighted by atomic mass is 10.1. The summed E-state index contributed by atoms with van der Waals surface area (Å²) in [4.78, 5) is 10.6. The summed E-state index contributed by atoms with van der Waals surface area (Å²) in [7, 11) is 0. The molecule has 0 radical (unpaired) electrons. The van der Waals surface area contributed by atoms with E-state index in [1.165, 1.54) is 16.8 Å². The van der Waals surface area contributed by atoms with E-state index in [0.29, 0.717) is 0 Å². The molecule has 0 atom stereocenters. The van der Waals surface area contributed by atoms with Crippen LogP contribution in [0, 0.1) is 13.8 Å². The van der Waals surface area contributed by atoms with Crippen molar-refractivity contribution in [3.63, 3.8) is 0 Å². The molecule has 0 aliphatic carbocycles. The van der Waals surface area contributed by atoms with Crippen LogP contribution in [0.1, 0.15) is 22.3 Å². The van der Waals surface area contributed by atoms with Crippen LogP contribution < -0.4 is 5.32 Å². The second-order valence-corrected chi connectivity index (χ2v) is 5.01. The number of hydrogen-bond acceptors (Lipinski definition) is 2. The quantitative estimate of drug-likeness (QED) is 0.872. The van der Waals surface area contributed by atoms with Gasteiger partial charge in [0.05, 0.1) is 6.42 Å². The third-order valence-corrected chi connectivity index (χ3v) is 3.33. The fourth-order valence-corrected chi connectivity index (χ4v) is 2.23. The van der Waals surface area contributed by atoms with Gasteiger partial charge in [0, 0.05) is 12.2 Å². The number of para-hydroxylation sites is 1. The topological polar surface area (TPSA) is 49.3 Å². The Labute approximate surface area is 119 Å². The second-order valence-electron chi connectivity index (χ2n) is 5.01. The van der Waals surface area contributed by atoms with Gasteiger partial charge in [-0.15, -0.1) is 0 Å². The standard InChI is InChI=1S/C17H19NO2/c1-12-4-3-5-13(2)17(12)18-11-15-8-6-14(7-9-15)10-16(19)20/h3-9,18H,10-11H2,1-2H3,(H,19,20). The van der Waals surface area contributed by atoms with Crippen LogP contribution in [0.15, 0.2) is 42.5 Å². The van der Waals surface area contributed by atoms with E-state index in [1.807, 2.05) is 24.3 Å². The molecular weight excluding hydrogens is 250 g/mol. The highest BCUT2D eigenvalue weighted by Gasteiger charge is 2.03. The lowest BCUT2D eigenvalue weighted by Crippen LogP contribution is -2.04. The summed E-state index contributed by atoms with van der Waals surface area (Å²) in [6, 6.07) is 13.9. The number of carboxylic acid groups (broad SMARTS) is 1. The largest absolute Gasteiger partial charge is 0.481 e. The maximum Gasteiger partial charge on any atom is 0.307 e. The Balaban J connectivity index is 2.02. The Morgan fingerprint density at radius 1 is 1.00 bits per heavy atom. The molecular formula is C17H19NO2. The van der Waals surface area contributed by atoms with Crippen molar-refractivity contribution in [1.82, 2.24) is 0 Å². The number of rotatable bonds is 5. The lowest BCUT2D eigenvalue weighted by Gasteiger charge is -2.12. The number of nitrogens with one attached hydrogen (secondary N) is 1. The van der Waals surface area contributed by atoms with Crippen molar-refractivity contribution in [2.75, 3.05) is 5.32 Å². The van der Waals surface area contributed by atoms with Gasteiger partial charge in [-0.2, -0.15) is 0 Å². The van der Waals surface area contributed by atoms with Gasteiger partial charge >= 0.3 is 5.97 Å². The normalized spacial score (nSPS) is 10.3. The minimum absolute atomic E-state index is 0.0740. The molecule has 0 fully saturated rings. The van der Waals surface area contributed by atoms with Crippen LogP contribution in [0.3, 0.4) is 0 Å². The predicted octanol–water partition coefficient (Wildman–Crippen LogP) is 3.54. The van der Waals surface area contributed by atoms with Crippen LogP contribution in [-0.2, 0) is 17.8 Å². The molecule has 0 aliphatic rings. The van der Waals surface area contributed by atoms with Crippen LogP contribution >= 0.6 is 0 Å². The zero-order valence-corrected chi connectivity index (χ0v) is 11.8. The average molecular weight is 269 g/mol. The molecule has 0 bridgehead atoms. The molecule has 2 aromatic carbocycles. The lowest BCUT2D eigenvalue weighted by molar-refractivity contribution is -0.136. The minimum Gasteiger partial charge on any atom is -0.481 e. The van der Waals surface area contributed by atoms with Crippen LogP contribution in [0.25, 0.3) is 0 Å². The molecule has 0 amide bonds. The van der Waals surface area contributed by atoms with Crippen molar-refractivity contribution in [2.24, 2.45) is 0 Å². The first-order valence-electron chi connectivity index (χ1n) is 6.66. The first-order chi connectivity index (χ1) is 9.56. The smallest absolute Gasteiger partial charge is 0.307 e. The number of anilines is 1. The molecule has 2 rings (SSSR count). The van der Waals surface area contributed by atoms with Crippen LogP contribution in [0.5, 0.6) is 0 Å². The van der Waals surface area contributed by atoms with Gasteiger partial charge in [-0.3, -0.25) is 4.79 Å². The van der Waals surface area contributed by atoms with Gasteiger partial charge in [-0.1, -0.05) is 42.5 Å². The number of aryl methyl sites for hydroxylation is 2. The summed E-state index contributed by atoms with van der Waals surface area (Å²) < 4.78 is 0. The van der Waals surface area contributed by atoms with E-state index in [4.69, 9.17) is 5.11 Å². The zero-order valence-electron chi connectivity index (χ0n) is 11.8. The van der Waals surface area contributed by atoms with Gasteiger partial charge in [-0.25, -0.2) is 0 Å². The monoisotopic (exact) mass is 269 g/mol. The molecule has 20 heavy (non-hydrogen) atoms. The molecule has 0 heterocycles. The number of aliphatic carboxylic acids is 1. The van der Waals surface area contributed by atoms with Crippen molar-refractivity contribution < 1.29 is 9.90 Å². The molecule has 0 aromatic heterocycles. The Bertz CT molecular complexity index is 583. The van der Waals surface area contributed by atoms with Gasteiger partial charge in [-0.05, 0) is 36.1 Å². The van der Waals surface area contributed by atoms with E-state index >= 15 is 0 Å². The second kappa shape index (κ2) is 6.24. The van der Waals surface area contributed by atoms with Crippen molar-refractivity contribution in [3.8, 4) is 0 Å². The van der Waals surface area contributed by atoms with Crippen molar-refractivity contribution in [1.29, 1.82) is 0 Å². The van der Waals surface area contributed by atoms with Crippen LogP contribution in [0.2, 0.25) is 0 Å². The molecule has 0 spiro atoms. The Kier molecular flexibility index (Phi) is 4.41. The van der Waals surface area contributed by atoms with Gasteiger partial charge in [0.15, 0.2) is 0 Å². The molecule has 0 saturated heterocycles. The summed E-state index contributed by atoms with van der Waals surface area (Å²) in [6.45, 7) is 4.91. The van der Waals surface area contributed by atoms with Crippen molar-refractivity contribution in [3.05, 3.63) is 64.7 Å². The highest BCUT2D eigenvalue weighted by Crippen LogP contribution is 2.20. The van der Waals surface area contributed by atoms with E-state index < -0.39 is 5.97 Å². The van der Waals surface area contributed by atoms with E-state index in [2.05, 4.69) is 37.4 Å².